The summed E-state index contributed by atoms with van der Waals surface area (Å²) in [6.45, 7) is 8.86. The molecule has 1 saturated heterocycles. The molecule has 0 saturated carbocycles. The van der Waals surface area contributed by atoms with E-state index < -0.39 is 29.0 Å². The van der Waals surface area contributed by atoms with Crippen LogP contribution in [0.2, 0.25) is 0 Å². The van der Waals surface area contributed by atoms with E-state index >= 15 is 0 Å². The first-order valence-electron chi connectivity index (χ1n) is 9.33. The SMILES string of the molecule is COc1ccc(CN2C(=O)[C@@H](CC(=O)OC(C)(C)C)[C@]2(C(=O)O)C(C)C)cc1. The molecule has 1 N–H and O–H groups in total. The number of esters is 1. The van der Waals surface area contributed by atoms with E-state index in [1.165, 1.54) is 4.90 Å². The zero-order chi connectivity index (χ0) is 21.3. The van der Waals surface area contributed by atoms with Crippen LogP contribution in [0.25, 0.3) is 0 Å². The molecule has 1 amide bonds. The number of carboxylic acids is 1. The Hall–Kier alpha value is -2.57. The minimum Gasteiger partial charge on any atom is -0.497 e. The monoisotopic (exact) mass is 391 g/mol. The van der Waals surface area contributed by atoms with Crippen LogP contribution in [0.15, 0.2) is 24.3 Å². The van der Waals surface area contributed by atoms with Gasteiger partial charge in [-0.15, -0.1) is 0 Å². The van der Waals surface area contributed by atoms with Crippen molar-refractivity contribution in [2.24, 2.45) is 11.8 Å². The summed E-state index contributed by atoms with van der Waals surface area (Å²) in [4.78, 5) is 38.8. The number of hydrogen-bond acceptors (Lipinski definition) is 5. The minimum absolute atomic E-state index is 0.151. The number of carbonyl (C=O) groups excluding carboxylic acids is 2. The van der Waals surface area contributed by atoms with Gasteiger partial charge < -0.3 is 19.5 Å². The van der Waals surface area contributed by atoms with Gasteiger partial charge in [0.1, 0.15) is 11.4 Å². The number of benzene rings is 1. The van der Waals surface area contributed by atoms with Gasteiger partial charge in [0.25, 0.3) is 0 Å². The molecule has 154 valence electrons. The zero-order valence-electron chi connectivity index (χ0n) is 17.3. The average Bonchev–Trinajstić information content (AvgIpc) is 2.58. The molecular formula is C21H29NO6. The van der Waals surface area contributed by atoms with Gasteiger partial charge in [-0.1, -0.05) is 26.0 Å². The first kappa shape index (κ1) is 21.7. The molecule has 0 bridgehead atoms. The molecule has 0 unspecified atom stereocenters. The third-order valence-electron chi connectivity index (χ3n) is 5.06. The zero-order valence-corrected chi connectivity index (χ0v) is 17.3. The Bertz CT molecular complexity index is 749. The number of β-lactam (4-membered cyclic amide) rings is 1. The highest BCUT2D eigenvalue weighted by Crippen LogP contribution is 2.47. The predicted molar refractivity (Wildman–Crippen MR) is 103 cm³/mol. The van der Waals surface area contributed by atoms with Crippen LogP contribution < -0.4 is 4.74 Å². The molecule has 1 aromatic rings. The van der Waals surface area contributed by atoms with Gasteiger partial charge >= 0.3 is 11.9 Å². The van der Waals surface area contributed by atoms with Crippen molar-refractivity contribution in [3.8, 4) is 5.75 Å². The molecule has 0 radical (unpaired) electrons. The first-order chi connectivity index (χ1) is 12.9. The van der Waals surface area contributed by atoms with Gasteiger partial charge in [-0.25, -0.2) is 4.79 Å². The summed E-state index contributed by atoms with van der Waals surface area (Å²) in [5.41, 5.74) is -1.36. The molecule has 0 spiro atoms. The van der Waals surface area contributed by atoms with Crippen molar-refractivity contribution in [3.05, 3.63) is 29.8 Å². The summed E-state index contributed by atoms with van der Waals surface area (Å²) in [5, 5.41) is 10.1. The summed E-state index contributed by atoms with van der Waals surface area (Å²) >= 11 is 0. The van der Waals surface area contributed by atoms with Gasteiger partial charge in [0.15, 0.2) is 5.54 Å². The van der Waals surface area contributed by atoms with E-state index in [-0.39, 0.29) is 24.8 Å². The fourth-order valence-electron chi connectivity index (χ4n) is 3.82. The molecule has 0 aliphatic carbocycles. The number of rotatable bonds is 7. The maximum absolute atomic E-state index is 12.8. The summed E-state index contributed by atoms with van der Waals surface area (Å²) < 4.78 is 10.4. The normalized spacial score (nSPS) is 22.0. The Balaban J connectivity index is 2.29. The van der Waals surface area contributed by atoms with Crippen LogP contribution in [0.5, 0.6) is 5.75 Å². The number of ether oxygens (including phenoxy) is 2. The van der Waals surface area contributed by atoms with Gasteiger partial charge in [0.05, 0.1) is 19.4 Å². The lowest BCUT2D eigenvalue weighted by molar-refractivity contribution is -0.199. The second-order valence-electron chi connectivity index (χ2n) is 8.40. The number of aliphatic carboxylic acids is 1. The molecule has 28 heavy (non-hydrogen) atoms. The third-order valence-corrected chi connectivity index (χ3v) is 5.06. The number of hydrogen-bond donors (Lipinski definition) is 1. The van der Waals surface area contributed by atoms with Crippen LogP contribution in [0.3, 0.4) is 0 Å². The van der Waals surface area contributed by atoms with Crippen LogP contribution in [0, 0.1) is 11.8 Å². The van der Waals surface area contributed by atoms with E-state index in [2.05, 4.69) is 0 Å². The predicted octanol–water partition coefficient (Wildman–Crippen LogP) is 2.86. The van der Waals surface area contributed by atoms with Crippen molar-refractivity contribution in [1.82, 2.24) is 4.90 Å². The van der Waals surface area contributed by atoms with Crippen LogP contribution in [-0.4, -0.2) is 46.1 Å². The van der Waals surface area contributed by atoms with Crippen molar-refractivity contribution >= 4 is 17.8 Å². The Kier molecular flexibility index (Phi) is 6.06. The first-order valence-corrected chi connectivity index (χ1v) is 9.33. The van der Waals surface area contributed by atoms with Gasteiger partial charge in [-0.3, -0.25) is 9.59 Å². The van der Waals surface area contributed by atoms with Crippen LogP contribution >= 0.6 is 0 Å². The number of carboxylic acid groups (broad SMARTS) is 1. The highest BCUT2D eigenvalue weighted by atomic mass is 16.6. The Labute approximate surface area is 165 Å². The molecule has 7 heteroatoms. The number of likely N-dealkylation sites (tertiary alicyclic amines) is 1. The van der Waals surface area contributed by atoms with Crippen molar-refractivity contribution in [2.45, 2.75) is 58.7 Å². The van der Waals surface area contributed by atoms with Crippen molar-refractivity contribution in [2.75, 3.05) is 7.11 Å². The van der Waals surface area contributed by atoms with Crippen molar-refractivity contribution in [1.29, 1.82) is 0 Å². The summed E-state index contributed by atoms with van der Waals surface area (Å²) in [6, 6.07) is 7.10. The van der Waals surface area contributed by atoms with Crippen LogP contribution in [0.1, 0.15) is 46.6 Å². The smallest absolute Gasteiger partial charge is 0.330 e. The quantitative estimate of drug-likeness (QED) is 0.567. The Morgan fingerprint density at radius 1 is 1.21 bits per heavy atom. The highest BCUT2D eigenvalue weighted by Gasteiger charge is 2.67. The molecule has 1 fully saturated rings. The second-order valence-corrected chi connectivity index (χ2v) is 8.40. The van der Waals surface area contributed by atoms with Crippen molar-refractivity contribution < 1.29 is 29.0 Å². The molecule has 7 nitrogen and oxygen atoms in total. The average molecular weight is 391 g/mol. The summed E-state index contributed by atoms with van der Waals surface area (Å²) in [7, 11) is 1.56. The highest BCUT2D eigenvalue weighted by molar-refractivity contribution is 6.02. The topological polar surface area (TPSA) is 93.1 Å². The number of amides is 1. The standard InChI is InChI=1S/C21H29NO6/c1-13(2)21(19(25)26)16(11-17(23)28-20(3,4)5)18(24)22(21)12-14-7-9-15(27-6)10-8-14/h7-10,13,16H,11-12H2,1-6H3,(H,25,26)/t16-,21+/m1/s1. The minimum atomic E-state index is -1.45. The number of methoxy groups -OCH3 is 1. The fraction of sp³-hybridized carbons (Fsp3) is 0.571. The number of carbonyl (C=O) groups is 3. The Morgan fingerprint density at radius 3 is 2.21 bits per heavy atom. The Morgan fingerprint density at radius 2 is 1.79 bits per heavy atom. The van der Waals surface area contributed by atoms with Gasteiger partial charge in [0.2, 0.25) is 5.91 Å². The molecule has 1 heterocycles. The van der Waals surface area contributed by atoms with E-state index in [0.717, 1.165) is 5.56 Å². The van der Waals surface area contributed by atoms with E-state index in [9.17, 15) is 19.5 Å². The van der Waals surface area contributed by atoms with Crippen molar-refractivity contribution in [3.63, 3.8) is 0 Å². The maximum atomic E-state index is 12.8. The van der Waals surface area contributed by atoms with Crippen LogP contribution in [-0.2, 0) is 25.7 Å². The molecule has 1 aromatic carbocycles. The second kappa shape index (κ2) is 7.81. The fourth-order valence-corrected chi connectivity index (χ4v) is 3.82. The third kappa shape index (κ3) is 3.98. The molecule has 1 aliphatic heterocycles. The van der Waals surface area contributed by atoms with Gasteiger partial charge in [-0.2, -0.15) is 0 Å². The van der Waals surface area contributed by atoms with E-state index in [1.54, 1.807) is 66.0 Å². The van der Waals surface area contributed by atoms with Crippen LogP contribution in [0.4, 0.5) is 0 Å². The lowest BCUT2D eigenvalue weighted by Crippen LogP contribution is -2.76. The molecule has 1 aliphatic rings. The molecule has 0 aromatic heterocycles. The lowest BCUT2D eigenvalue weighted by atomic mass is 9.64. The molecule has 2 atom stereocenters. The van der Waals surface area contributed by atoms with E-state index in [0.29, 0.717) is 5.75 Å². The lowest BCUT2D eigenvalue weighted by Gasteiger charge is -2.57. The molecular weight excluding hydrogens is 362 g/mol. The summed E-state index contributed by atoms with van der Waals surface area (Å²) in [5.74, 6) is -2.68. The van der Waals surface area contributed by atoms with E-state index in [1.807, 2.05) is 0 Å². The largest absolute Gasteiger partial charge is 0.497 e. The van der Waals surface area contributed by atoms with Gasteiger partial charge in [0, 0.05) is 6.54 Å². The summed E-state index contributed by atoms with van der Waals surface area (Å²) in [6.07, 6.45) is -0.250. The van der Waals surface area contributed by atoms with E-state index in [4.69, 9.17) is 9.47 Å². The van der Waals surface area contributed by atoms with Gasteiger partial charge in [-0.05, 0) is 44.4 Å². The number of nitrogens with zero attached hydrogens (tertiary/aromatic N) is 1. The molecule has 2 rings (SSSR count). The maximum Gasteiger partial charge on any atom is 0.330 e.